The van der Waals surface area contributed by atoms with Gasteiger partial charge in [0.25, 0.3) is 0 Å². The van der Waals surface area contributed by atoms with Gasteiger partial charge in [-0.1, -0.05) is 6.92 Å². The normalized spacial score (nSPS) is 18.8. The molecule has 5 heteroatoms. The number of hydrogen-bond acceptors (Lipinski definition) is 3. The van der Waals surface area contributed by atoms with E-state index in [0.717, 1.165) is 19.4 Å². The zero-order valence-electron chi connectivity index (χ0n) is 12.1. The smallest absolute Gasteiger partial charge is 0.149 e. The zero-order chi connectivity index (χ0) is 14.5. The van der Waals surface area contributed by atoms with Crippen molar-refractivity contribution in [2.75, 3.05) is 31.6 Å². The highest BCUT2D eigenvalue weighted by molar-refractivity contribution is 5.51. The topological polar surface area (TPSA) is 24.5 Å². The fourth-order valence-electron chi connectivity index (χ4n) is 2.56. The highest BCUT2D eigenvalue weighted by atomic mass is 19.1. The molecule has 1 saturated heterocycles. The molecule has 1 N–H and O–H groups in total. The Balaban J connectivity index is 2.10. The maximum Gasteiger partial charge on any atom is 0.149 e. The summed E-state index contributed by atoms with van der Waals surface area (Å²) in [5.41, 5.74) is 0.712. The van der Waals surface area contributed by atoms with Crippen molar-refractivity contribution in [3.63, 3.8) is 0 Å². The van der Waals surface area contributed by atoms with E-state index in [2.05, 4.69) is 12.2 Å². The van der Waals surface area contributed by atoms with Gasteiger partial charge in [-0.05, 0) is 37.1 Å². The van der Waals surface area contributed by atoms with Crippen LogP contribution in [0.25, 0.3) is 0 Å². The molecule has 0 aromatic heterocycles. The van der Waals surface area contributed by atoms with E-state index < -0.39 is 11.6 Å². The summed E-state index contributed by atoms with van der Waals surface area (Å²) in [5, 5.41) is 3.14. The van der Waals surface area contributed by atoms with Crippen molar-refractivity contribution in [1.29, 1.82) is 0 Å². The van der Waals surface area contributed by atoms with E-state index in [-0.39, 0.29) is 11.8 Å². The third kappa shape index (κ3) is 3.46. The largest absolute Gasteiger partial charge is 0.380 e. The van der Waals surface area contributed by atoms with Crippen molar-refractivity contribution >= 4 is 5.69 Å². The summed E-state index contributed by atoms with van der Waals surface area (Å²) in [4.78, 5) is 1.72. The Labute approximate surface area is 118 Å². The predicted octanol–water partition coefficient (Wildman–Crippen LogP) is 2.69. The van der Waals surface area contributed by atoms with E-state index in [9.17, 15) is 8.78 Å². The second-order valence-electron chi connectivity index (χ2n) is 5.18. The van der Waals surface area contributed by atoms with E-state index in [4.69, 9.17) is 4.74 Å². The van der Waals surface area contributed by atoms with Gasteiger partial charge in [0.2, 0.25) is 0 Å². The van der Waals surface area contributed by atoms with Gasteiger partial charge in [-0.2, -0.15) is 0 Å². The molecule has 0 radical (unpaired) electrons. The molecule has 1 heterocycles. The highest BCUT2D eigenvalue weighted by Crippen LogP contribution is 2.28. The van der Waals surface area contributed by atoms with Crippen molar-refractivity contribution in [3.8, 4) is 0 Å². The van der Waals surface area contributed by atoms with Gasteiger partial charge in [0.15, 0.2) is 0 Å². The van der Waals surface area contributed by atoms with E-state index in [1.807, 2.05) is 0 Å². The average Bonchev–Trinajstić information content (AvgIpc) is 2.87. The fraction of sp³-hybridized carbons (Fsp3) is 0.600. The summed E-state index contributed by atoms with van der Waals surface area (Å²) in [6.07, 6.45) is 1.85. The fourth-order valence-corrected chi connectivity index (χ4v) is 2.56. The van der Waals surface area contributed by atoms with Crippen LogP contribution in [-0.4, -0.2) is 32.8 Å². The van der Waals surface area contributed by atoms with Crippen LogP contribution in [0.2, 0.25) is 0 Å². The lowest BCUT2D eigenvalue weighted by Crippen LogP contribution is -2.24. The molecule has 0 bridgehead atoms. The minimum atomic E-state index is -0.491. The standard InChI is InChI=1S/C15H22F2N2O/c1-3-5-18-9-11-7-13(16)15(14(17)8-11)19-6-4-12(10-19)20-2/h7-8,12,18H,3-6,9-10H2,1-2H3. The summed E-state index contributed by atoms with van der Waals surface area (Å²) < 4.78 is 33.5. The first-order chi connectivity index (χ1) is 9.65. The number of ether oxygens (including phenoxy) is 1. The molecule has 0 spiro atoms. The molecule has 1 aromatic carbocycles. The Kier molecular flexibility index (Phi) is 5.31. The van der Waals surface area contributed by atoms with E-state index in [1.54, 1.807) is 12.0 Å². The third-order valence-electron chi connectivity index (χ3n) is 3.63. The van der Waals surface area contributed by atoms with Gasteiger partial charge in [-0.25, -0.2) is 8.78 Å². The van der Waals surface area contributed by atoms with Gasteiger partial charge in [0.1, 0.15) is 17.3 Å². The van der Waals surface area contributed by atoms with Crippen molar-refractivity contribution in [2.24, 2.45) is 0 Å². The van der Waals surface area contributed by atoms with Crippen LogP contribution in [-0.2, 0) is 11.3 Å². The molecular weight excluding hydrogens is 262 g/mol. The zero-order valence-corrected chi connectivity index (χ0v) is 12.1. The molecule has 1 atom stereocenters. The number of halogens is 2. The lowest BCUT2D eigenvalue weighted by molar-refractivity contribution is 0.121. The number of nitrogens with zero attached hydrogens (tertiary/aromatic N) is 1. The van der Waals surface area contributed by atoms with E-state index in [1.165, 1.54) is 12.1 Å². The lowest BCUT2D eigenvalue weighted by atomic mass is 10.1. The second-order valence-corrected chi connectivity index (χ2v) is 5.18. The minimum Gasteiger partial charge on any atom is -0.380 e. The van der Waals surface area contributed by atoms with Crippen molar-refractivity contribution in [1.82, 2.24) is 5.32 Å². The number of benzene rings is 1. The first-order valence-electron chi connectivity index (χ1n) is 7.12. The number of hydrogen-bond donors (Lipinski definition) is 1. The van der Waals surface area contributed by atoms with Gasteiger partial charge in [0.05, 0.1) is 6.10 Å². The molecule has 1 aliphatic rings. The minimum absolute atomic E-state index is 0.0553. The number of nitrogens with one attached hydrogen (secondary N) is 1. The maximum absolute atomic E-state index is 14.2. The molecule has 1 unspecified atom stereocenters. The Morgan fingerprint density at radius 2 is 2.05 bits per heavy atom. The molecule has 0 aliphatic carbocycles. The molecule has 3 nitrogen and oxygen atoms in total. The molecule has 112 valence electrons. The van der Waals surface area contributed by atoms with Crippen LogP contribution < -0.4 is 10.2 Å². The number of methoxy groups -OCH3 is 1. The maximum atomic E-state index is 14.2. The summed E-state index contributed by atoms with van der Waals surface area (Å²) in [6.45, 7) is 4.55. The second kappa shape index (κ2) is 6.99. The van der Waals surface area contributed by atoms with Crippen LogP contribution >= 0.6 is 0 Å². The molecule has 2 rings (SSSR count). The van der Waals surface area contributed by atoms with Crippen molar-refractivity contribution < 1.29 is 13.5 Å². The molecule has 0 saturated carbocycles. The Hall–Kier alpha value is -1.20. The van der Waals surface area contributed by atoms with Crippen LogP contribution in [0.5, 0.6) is 0 Å². The first kappa shape index (κ1) is 15.2. The Morgan fingerprint density at radius 1 is 1.35 bits per heavy atom. The third-order valence-corrected chi connectivity index (χ3v) is 3.63. The van der Waals surface area contributed by atoms with E-state index in [0.29, 0.717) is 25.2 Å². The molecular formula is C15H22F2N2O. The van der Waals surface area contributed by atoms with Gasteiger partial charge in [-0.3, -0.25) is 0 Å². The molecule has 20 heavy (non-hydrogen) atoms. The van der Waals surface area contributed by atoms with Crippen molar-refractivity contribution in [2.45, 2.75) is 32.4 Å². The van der Waals surface area contributed by atoms with Gasteiger partial charge in [-0.15, -0.1) is 0 Å². The van der Waals surface area contributed by atoms with Crippen LogP contribution in [0.4, 0.5) is 14.5 Å². The Morgan fingerprint density at radius 3 is 2.60 bits per heavy atom. The van der Waals surface area contributed by atoms with Crippen LogP contribution in [0, 0.1) is 11.6 Å². The SMILES string of the molecule is CCCNCc1cc(F)c(N2CCC(OC)C2)c(F)c1. The van der Waals surface area contributed by atoms with Crippen LogP contribution in [0.3, 0.4) is 0 Å². The quantitative estimate of drug-likeness (QED) is 0.813. The number of anilines is 1. The first-order valence-corrected chi connectivity index (χ1v) is 7.12. The van der Waals surface area contributed by atoms with E-state index >= 15 is 0 Å². The van der Waals surface area contributed by atoms with Crippen LogP contribution in [0.15, 0.2) is 12.1 Å². The molecule has 1 aromatic rings. The molecule has 0 amide bonds. The summed E-state index contributed by atoms with van der Waals surface area (Å²) in [5.74, 6) is -0.981. The lowest BCUT2D eigenvalue weighted by Gasteiger charge is -2.20. The molecule has 1 fully saturated rings. The summed E-state index contributed by atoms with van der Waals surface area (Å²) >= 11 is 0. The Bertz CT molecular complexity index is 430. The average molecular weight is 284 g/mol. The van der Waals surface area contributed by atoms with Gasteiger partial charge < -0.3 is 15.0 Å². The van der Waals surface area contributed by atoms with Crippen LogP contribution in [0.1, 0.15) is 25.3 Å². The predicted molar refractivity (Wildman–Crippen MR) is 76.0 cm³/mol. The summed E-state index contributed by atoms with van der Waals surface area (Å²) in [7, 11) is 1.63. The van der Waals surface area contributed by atoms with Gasteiger partial charge in [0, 0.05) is 26.7 Å². The van der Waals surface area contributed by atoms with Crippen molar-refractivity contribution in [3.05, 3.63) is 29.3 Å². The van der Waals surface area contributed by atoms with Gasteiger partial charge >= 0.3 is 0 Å². The molecule has 1 aliphatic heterocycles. The number of rotatable bonds is 6. The summed E-state index contributed by atoms with van der Waals surface area (Å²) in [6, 6.07) is 2.84. The monoisotopic (exact) mass is 284 g/mol. The highest BCUT2D eigenvalue weighted by Gasteiger charge is 2.26.